The lowest BCUT2D eigenvalue weighted by Gasteiger charge is -2.20. The Morgan fingerprint density at radius 2 is 2.50 bits per heavy atom. The Kier molecular flexibility index (Phi) is 3.54. The Bertz CT molecular complexity index is 296. The quantitative estimate of drug-likeness (QED) is 0.295. The fraction of sp³-hybridized carbons (Fsp3) is 0.500. The number of hydrogen-bond donors (Lipinski definition) is 3. The van der Waals surface area contributed by atoms with Gasteiger partial charge in [0.25, 0.3) is 0 Å². The number of hydrazine groups is 1. The number of amides is 1. The zero-order chi connectivity index (χ0) is 10.6. The molecule has 1 rings (SSSR count). The summed E-state index contributed by atoms with van der Waals surface area (Å²) in [7, 11) is 0. The second-order valence-electron chi connectivity index (χ2n) is 3.54. The van der Waals surface area contributed by atoms with Gasteiger partial charge in [-0.25, -0.2) is 10.8 Å². The number of nitrogens with zero attached hydrogens (tertiary/aromatic N) is 1. The van der Waals surface area contributed by atoms with Gasteiger partial charge in [-0.05, 0) is 0 Å². The van der Waals surface area contributed by atoms with Crippen molar-refractivity contribution in [1.29, 1.82) is 0 Å². The first-order valence-electron chi connectivity index (χ1n) is 4.19. The van der Waals surface area contributed by atoms with E-state index in [1.807, 2.05) is 13.8 Å². The van der Waals surface area contributed by atoms with Crippen LogP contribution in [0.15, 0.2) is 17.6 Å². The van der Waals surface area contributed by atoms with E-state index in [4.69, 9.17) is 5.84 Å². The normalized spacial score (nSPS) is 11.4. The fourth-order valence-electron chi connectivity index (χ4n) is 0.839. The molecule has 0 aliphatic carbocycles. The third-order valence-corrected chi connectivity index (χ3v) is 3.15. The van der Waals surface area contributed by atoms with Crippen LogP contribution in [0.1, 0.15) is 13.8 Å². The zero-order valence-electron chi connectivity index (χ0n) is 8.20. The maximum absolute atomic E-state index is 11.3. The molecule has 14 heavy (non-hydrogen) atoms. The summed E-state index contributed by atoms with van der Waals surface area (Å²) in [6, 6.07) is 0. The molecule has 1 aromatic heterocycles. The average Bonchev–Trinajstić information content (AvgIpc) is 2.66. The van der Waals surface area contributed by atoms with Crippen LogP contribution in [0.4, 0.5) is 0 Å². The Morgan fingerprint density at radius 1 is 1.79 bits per heavy atom. The van der Waals surface area contributed by atoms with Crippen LogP contribution in [-0.4, -0.2) is 21.6 Å². The van der Waals surface area contributed by atoms with E-state index in [0.717, 1.165) is 5.16 Å². The van der Waals surface area contributed by atoms with Crippen molar-refractivity contribution in [2.45, 2.75) is 19.0 Å². The predicted octanol–water partition coefficient (Wildman–Crippen LogP) is 0.518. The van der Waals surface area contributed by atoms with Crippen molar-refractivity contribution in [3.05, 3.63) is 12.4 Å². The van der Waals surface area contributed by atoms with Crippen LogP contribution in [0.3, 0.4) is 0 Å². The van der Waals surface area contributed by atoms with E-state index in [1.165, 1.54) is 11.8 Å². The molecule has 0 spiro atoms. The summed E-state index contributed by atoms with van der Waals surface area (Å²) in [5.41, 5.74) is 1.66. The maximum atomic E-state index is 11.3. The molecular formula is C8H14N4OS. The summed E-state index contributed by atoms with van der Waals surface area (Å²) < 4.78 is 0. The third-order valence-electron chi connectivity index (χ3n) is 1.79. The molecule has 0 aliphatic rings. The minimum Gasteiger partial charge on any atom is -0.340 e. The van der Waals surface area contributed by atoms with E-state index in [-0.39, 0.29) is 5.91 Å². The van der Waals surface area contributed by atoms with Gasteiger partial charge in [0.2, 0.25) is 5.91 Å². The number of nitrogens with two attached hydrogens (primary N) is 1. The van der Waals surface area contributed by atoms with Gasteiger partial charge in [0.15, 0.2) is 5.16 Å². The number of thioether (sulfide) groups is 1. The Hall–Kier alpha value is -1.01. The van der Waals surface area contributed by atoms with Gasteiger partial charge < -0.3 is 4.98 Å². The van der Waals surface area contributed by atoms with Gasteiger partial charge in [-0.3, -0.25) is 10.2 Å². The number of hydrogen-bond acceptors (Lipinski definition) is 4. The number of rotatable bonds is 4. The van der Waals surface area contributed by atoms with E-state index in [2.05, 4.69) is 15.4 Å². The van der Waals surface area contributed by atoms with Crippen LogP contribution < -0.4 is 11.3 Å². The third kappa shape index (κ3) is 2.74. The monoisotopic (exact) mass is 214 g/mol. The largest absolute Gasteiger partial charge is 0.340 e. The van der Waals surface area contributed by atoms with Gasteiger partial charge in [0, 0.05) is 18.1 Å². The molecule has 0 atom stereocenters. The van der Waals surface area contributed by atoms with Crippen LogP contribution in [-0.2, 0) is 4.79 Å². The molecule has 0 radical (unpaired) electrons. The summed E-state index contributed by atoms with van der Waals surface area (Å²) in [6.07, 6.45) is 3.43. The summed E-state index contributed by atoms with van der Waals surface area (Å²) >= 11 is 1.49. The van der Waals surface area contributed by atoms with Crippen molar-refractivity contribution in [3.63, 3.8) is 0 Å². The second kappa shape index (κ2) is 4.47. The SMILES string of the molecule is CC(C)(CSc1ncc[nH]1)C(=O)NN. The fourth-order valence-corrected chi connectivity index (χ4v) is 1.75. The number of nitrogens with one attached hydrogen (secondary N) is 2. The number of imidazole rings is 1. The molecule has 0 fully saturated rings. The van der Waals surface area contributed by atoms with Gasteiger partial charge in [-0.1, -0.05) is 25.6 Å². The van der Waals surface area contributed by atoms with E-state index in [9.17, 15) is 4.79 Å². The van der Waals surface area contributed by atoms with Gasteiger partial charge in [0.1, 0.15) is 0 Å². The van der Waals surface area contributed by atoms with Crippen LogP contribution in [0.25, 0.3) is 0 Å². The molecule has 6 heteroatoms. The van der Waals surface area contributed by atoms with Crippen molar-refractivity contribution in [2.24, 2.45) is 11.3 Å². The molecule has 78 valence electrons. The molecule has 0 unspecified atom stereocenters. The van der Waals surface area contributed by atoms with Gasteiger partial charge in [-0.2, -0.15) is 0 Å². The average molecular weight is 214 g/mol. The summed E-state index contributed by atoms with van der Waals surface area (Å²) in [5, 5.41) is 0.808. The molecule has 1 aromatic rings. The number of carbonyl (C=O) groups is 1. The Balaban J connectivity index is 2.48. The first-order valence-corrected chi connectivity index (χ1v) is 5.18. The second-order valence-corrected chi connectivity index (χ2v) is 4.50. The minimum absolute atomic E-state index is 0.170. The van der Waals surface area contributed by atoms with E-state index in [0.29, 0.717) is 5.75 Å². The van der Waals surface area contributed by atoms with Crippen molar-refractivity contribution in [2.75, 3.05) is 5.75 Å². The Morgan fingerprint density at radius 3 is 3.00 bits per heavy atom. The topological polar surface area (TPSA) is 83.8 Å². The molecule has 1 heterocycles. The van der Waals surface area contributed by atoms with E-state index >= 15 is 0 Å². The van der Waals surface area contributed by atoms with Crippen LogP contribution in [0.5, 0.6) is 0 Å². The van der Waals surface area contributed by atoms with Crippen molar-refractivity contribution in [3.8, 4) is 0 Å². The molecule has 0 aliphatic heterocycles. The lowest BCUT2D eigenvalue weighted by atomic mass is 9.96. The van der Waals surface area contributed by atoms with Crippen LogP contribution in [0.2, 0.25) is 0 Å². The molecule has 5 nitrogen and oxygen atoms in total. The highest BCUT2D eigenvalue weighted by Crippen LogP contribution is 2.25. The van der Waals surface area contributed by atoms with Gasteiger partial charge in [0.05, 0.1) is 5.41 Å². The van der Waals surface area contributed by atoms with Crippen LogP contribution in [0, 0.1) is 5.41 Å². The summed E-state index contributed by atoms with van der Waals surface area (Å²) in [4.78, 5) is 18.3. The standard InChI is InChI=1S/C8H14N4OS/c1-8(2,6(13)12-9)5-14-7-10-3-4-11-7/h3-4H,5,9H2,1-2H3,(H,10,11)(H,12,13). The van der Waals surface area contributed by atoms with E-state index in [1.54, 1.807) is 12.4 Å². The molecule has 0 saturated carbocycles. The van der Waals surface area contributed by atoms with Crippen molar-refractivity contribution >= 4 is 17.7 Å². The van der Waals surface area contributed by atoms with Crippen molar-refractivity contribution in [1.82, 2.24) is 15.4 Å². The zero-order valence-corrected chi connectivity index (χ0v) is 9.02. The minimum atomic E-state index is -0.494. The predicted molar refractivity (Wildman–Crippen MR) is 55.4 cm³/mol. The van der Waals surface area contributed by atoms with Crippen LogP contribution >= 0.6 is 11.8 Å². The molecule has 0 aromatic carbocycles. The number of aromatic nitrogens is 2. The maximum Gasteiger partial charge on any atom is 0.240 e. The molecular weight excluding hydrogens is 200 g/mol. The number of H-pyrrole nitrogens is 1. The number of carbonyl (C=O) groups excluding carboxylic acids is 1. The lowest BCUT2D eigenvalue weighted by molar-refractivity contribution is -0.128. The molecule has 4 N–H and O–H groups in total. The van der Waals surface area contributed by atoms with E-state index < -0.39 is 5.41 Å². The highest BCUT2D eigenvalue weighted by molar-refractivity contribution is 7.99. The molecule has 0 bridgehead atoms. The summed E-state index contributed by atoms with van der Waals surface area (Å²) in [5.74, 6) is 5.53. The first kappa shape index (κ1) is 11.1. The highest BCUT2D eigenvalue weighted by Gasteiger charge is 2.27. The summed E-state index contributed by atoms with van der Waals surface area (Å²) in [6.45, 7) is 3.68. The highest BCUT2D eigenvalue weighted by atomic mass is 32.2. The van der Waals surface area contributed by atoms with Gasteiger partial charge in [-0.15, -0.1) is 0 Å². The Labute approximate surface area is 86.8 Å². The lowest BCUT2D eigenvalue weighted by Crippen LogP contribution is -2.42. The number of aromatic amines is 1. The van der Waals surface area contributed by atoms with Crippen molar-refractivity contribution < 1.29 is 4.79 Å². The first-order chi connectivity index (χ1) is 6.56. The van der Waals surface area contributed by atoms with Gasteiger partial charge >= 0.3 is 0 Å². The molecule has 0 saturated heterocycles. The molecule has 1 amide bonds. The smallest absolute Gasteiger partial charge is 0.240 e.